The van der Waals surface area contributed by atoms with Gasteiger partial charge in [0.1, 0.15) is 0 Å². The van der Waals surface area contributed by atoms with E-state index in [-0.39, 0.29) is 11.8 Å². The maximum atomic E-state index is 12.1. The van der Waals surface area contributed by atoms with Gasteiger partial charge in [-0.1, -0.05) is 67.7 Å². The first-order valence-corrected chi connectivity index (χ1v) is 12.4. The number of aryl methyl sites for hydroxylation is 1. The van der Waals surface area contributed by atoms with Crippen LogP contribution in [0.25, 0.3) is 0 Å². The molecule has 0 unspecified atom stereocenters. The van der Waals surface area contributed by atoms with Gasteiger partial charge in [0, 0.05) is 31.9 Å². The summed E-state index contributed by atoms with van der Waals surface area (Å²) in [6, 6.07) is 1.80. The maximum absolute atomic E-state index is 12.1. The lowest BCUT2D eigenvalue weighted by atomic mass is 10.1. The number of carbonyl (C=O) groups is 2. The maximum Gasteiger partial charge on any atom is 0.253 e. The molecule has 0 fully saturated rings. The first-order valence-electron chi connectivity index (χ1n) is 12.4. The van der Waals surface area contributed by atoms with E-state index in [4.69, 9.17) is 0 Å². The molecule has 2 N–H and O–H groups in total. The van der Waals surface area contributed by atoms with Crippen LogP contribution in [0.2, 0.25) is 0 Å². The molecule has 5 heteroatoms. The Hall–Kier alpha value is -3.21. The SMILES string of the molecule is CC/C=C\C/C=C\C/C=C\C/C=C\C/C=C\CCCC(=O)NCCNC(=O)c1cnccc1C. The zero-order valence-electron chi connectivity index (χ0n) is 20.8. The molecule has 1 rings (SSSR count). The average molecular weight is 464 g/mol. The van der Waals surface area contributed by atoms with Crippen molar-refractivity contribution in [1.29, 1.82) is 0 Å². The Balaban J connectivity index is 1.98. The van der Waals surface area contributed by atoms with Crippen LogP contribution in [0.1, 0.15) is 74.2 Å². The van der Waals surface area contributed by atoms with E-state index in [0.717, 1.165) is 50.5 Å². The van der Waals surface area contributed by atoms with E-state index >= 15 is 0 Å². The van der Waals surface area contributed by atoms with Gasteiger partial charge in [0.15, 0.2) is 0 Å². The van der Waals surface area contributed by atoms with E-state index < -0.39 is 0 Å². The number of hydrogen-bond donors (Lipinski definition) is 2. The molecule has 0 aliphatic rings. The molecule has 2 amide bonds. The second kappa shape index (κ2) is 20.4. The molecule has 1 heterocycles. The molecule has 0 bridgehead atoms. The minimum absolute atomic E-state index is 0.0131. The predicted octanol–water partition coefficient (Wildman–Crippen LogP) is 6.16. The summed E-state index contributed by atoms with van der Waals surface area (Å²) in [7, 11) is 0. The molecule has 0 saturated carbocycles. The minimum atomic E-state index is -0.168. The summed E-state index contributed by atoms with van der Waals surface area (Å²) in [6.45, 7) is 4.84. The van der Waals surface area contributed by atoms with Crippen molar-refractivity contribution in [2.45, 2.75) is 65.2 Å². The summed E-state index contributed by atoms with van der Waals surface area (Å²) in [5, 5.41) is 5.64. The second-order valence-corrected chi connectivity index (χ2v) is 7.90. The summed E-state index contributed by atoms with van der Waals surface area (Å²) in [5.41, 5.74) is 1.44. The van der Waals surface area contributed by atoms with E-state index in [1.54, 1.807) is 18.5 Å². The molecule has 34 heavy (non-hydrogen) atoms. The van der Waals surface area contributed by atoms with E-state index in [2.05, 4.69) is 83.3 Å². The van der Waals surface area contributed by atoms with Gasteiger partial charge in [0.25, 0.3) is 5.91 Å². The first kappa shape index (κ1) is 28.8. The standard InChI is InChI=1S/C29H41N3O2/c1-3-4-5-6-7-8-9-10-11-12-13-14-15-16-17-18-19-20-28(33)31-23-24-32-29(34)27-25-30-22-21-26(27)2/h4-5,7-8,10-11,13-14,16-17,21-22,25H,3,6,9,12,15,18-20,23-24H2,1-2H3,(H,31,33)(H,32,34)/b5-4-,8-7-,11-10-,14-13-,17-16-. The molecule has 0 atom stereocenters. The number of unbranched alkanes of at least 4 members (excludes halogenated alkanes) is 1. The second-order valence-electron chi connectivity index (χ2n) is 7.90. The number of aromatic nitrogens is 1. The smallest absolute Gasteiger partial charge is 0.253 e. The first-order chi connectivity index (χ1) is 16.6. The normalized spacial score (nSPS) is 12.1. The van der Waals surface area contributed by atoms with Crippen LogP contribution in [0.4, 0.5) is 0 Å². The summed E-state index contributed by atoms with van der Waals surface area (Å²) < 4.78 is 0. The number of rotatable bonds is 17. The number of hydrogen-bond acceptors (Lipinski definition) is 3. The molecule has 5 nitrogen and oxygen atoms in total. The third-order valence-electron chi connectivity index (χ3n) is 4.95. The number of nitrogens with one attached hydrogen (secondary N) is 2. The fraction of sp³-hybridized carbons (Fsp3) is 0.414. The Bertz CT molecular complexity index is 851. The Labute approximate surface area is 205 Å². The van der Waals surface area contributed by atoms with Gasteiger partial charge in [-0.2, -0.15) is 0 Å². The predicted molar refractivity (Wildman–Crippen MR) is 143 cm³/mol. The molecule has 0 aliphatic carbocycles. The quantitative estimate of drug-likeness (QED) is 0.215. The highest BCUT2D eigenvalue weighted by molar-refractivity contribution is 5.95. The van der Waals surface area contributed by atoms with Gasteiger partial charge >= 0.3 is 0 Å². The lowest BCUT2D eigenvalue weighted by Gasteiger charge is -2.08. The highest BCUT2D eigenvalue weighted by atomic mass is 16.2. The molecule has 0 spiro atoms. The molecule has 0 aliphatic heterocycles. The van der Waals surface area contributed by atoms with Gasteiger partial charge in [-0.15, -0.1) is 0 Å². The number of allylic oxidation sites excluding steroid dienone is 10. The Kier molecular flexibility index (Phi) is 17.3. The van der Waals surface area contributed by atoms with Gasteiger partial charge in [-0.3, -0.25) is 14.6 Å². The monoisotopic (exact) mass is 463 g/mol. The van der Waals surface area contributed by atoms with Crippen LogP contribution in [0.5, 0.6) is 0 Å². The van der Waals surface area contributed by atoms with E-state index in [1.807, 2.05) is 6.92 Å². The molecule has 1 aromatic rings. The van der Waals surface area contributed by atoms with Gasteiger partial charge in [-0.25, -0.2) is 0 Å². The zero-order valence-corrected chi connectivity index (χ0v) is 20.8. The number of carbonyl (C=O) groups excluding carboxylic acids is 2. The van der Waals surface area contributed by atoms with Crippen molar-refractivity contribution in [3.05, 3.63) is 90.3 Å². The zero-order chi connectivity index (χ0) is 24.7. The van der Waals surface area contributed by atoms with Crippen molar-refractivity contribution in [1.82, 2.24) is 15.6 Å². The summed E-state index contributed by atoms with van der Waals surface area (Å²) in [6.07, 6.45) is 32.2. The fourth-order valence-corrected chi connectivity index (χ4v) is 3.01. The number of pyridine rings is 1. The lowest BCUT2D eigenvalue weighted by Crippen LogP contribution is -2.34. The minimum Gasteiger partial charge on any atom is -0.354 e. The van der Waals surface area contributed by atoms with Crippen LogP contribution in [0.3, 0.4) is 0 Å². The molecule has 0 radical (unpaired) electrons. The van der Waals surface area contributed by atoms with Crippen LogP contribution < -0.4 is 10.6 Å². The van der Waals surface area contributed by atoms with Gasteiger partial charge in [0.05, 0.1) is 5.56 Å². The third kappa shape index (κ3) is 15.6. The highest BCUT2D eigenvalue weighted by Crippen LogP contribution is 2.04. The van der Waals surface area contributed by atoms with Gasteiger partial charge in [-0.05, 0) is 63.5 Å². The fourth-order valence-electron chi connectivity index (χ4n) is 3.01. The highest BCUT2D eigenvalue weighted by Gasteiger charge is 2.08. The third-order valence-corrected chi connectivity index (χ3v) is 4.95. The molecule has 1 aromatic heterocycles. The van der Waals surface area contributed by atoms with E-state index in [1.165, 1.54) is 0 Å². The van der Waals surface area contributed by atoms with Crippen molar-refractivity contribution in [3.8, 4) is 0 Å². The largest absolute Gasteiger partial charge is 0.354 e. The summed E-state index contributed by atoms with van der Waals surface area (Å²) >= 11 is 0. The van der Waals surface area contributed by atoms with Crippen molar-refractivity contribution >= 4 is 11.8 Å². The Morgan fingerprint density at radius 1 is 0.824 bits per heavy atom. The van der Waals surface area contributed by atoms with E-state index in [0.29, 0.717) is 25.1 Å². The summed E-state index contributed by atoms with van der Waals surface area (Å²) in [5.74, 6) is -0.155. The Morgan fingerprint density at radius 3 is 1.97 bits per heavy atom. The van der Waals surface area contributed by atoms with E-state index in [9.17, 15) is 9.59 Å². The van der Waals surface area contributed by atoms with Crippen LogP contribution in [0.15, 0.2) is 79.2 Å². The van der Waals surface area contributed by atoms with Crippen molar-refractivity contribution in [2.24, 2.45) is 0 Å². The van der Waals surface area contributed by atoms with Crippen LogP contribution in [-0.2, 0) is 4.79 Å². The molecule has 0 saturated heterocycles. The lowest BCUT2D eigenvalue weighted by molar-refractivity contribution is -0.121. The topological polar surface area (TPSA) is 71.1 Å². The number of amides is 2. The summed E-state index contributed by atoms with van der Waals surface area (Å²) in [4.78, 5) is 27.9. The van der Waals surface area contributed by atoms with Crippen molar-refractivity contribution in [3.63, 3.8) is 0 Å². The molecule has 0 aromatic carbocycles. The molecular formula is C29H41N3O2. The van der Waals surface area contributed by atoms with Gasteiger partial charge in [0.2, 0.25) is 5.91 Å². The number of nitrogens with zero attached hydrogens (tertiary/aromatic N) is 1. The van der Waals surface area contributed by atoms with Crippen molar-refractivity contribution in [2.75, 3.05) is 13.1 Å². The average Bonchev–Trinajstić information content (AvgIpc) is 2.84. The van der Waals surface area contributed by atoms with Crippen LogP contribution in [-0.4, -0.2) is 29.9 Å². The van der Waals surface area contributed by atoms with Crippen molar-refractivity contribution < 1.29 is 9.59 Å². The molecular weight excluding hydrogens is 422 g/mol. The molecule has 184 valence electrons. The van der Waals surface area contributed by atoms with Crippen LogP contribution >= 0.6 is 0 Å². The van der Waals surface area contributed by atoms with Gasteiger partial charge < -0.3 is 10.6 Å². The Morgan fingerprint density at radius 2 is 1.38 bits per heavy atom. The van der Waals surface area contributed by atoms with Crippen LogP contribution in [0, 0.1) is 6.92 Å².